The number of nitrogens with one attached hydrogen (secondary N) is 1. The maximum atomic E-state index is 13.5. The van der Waals surface area contributed by atoms with Crippen LogP contribution >= 0.6 is 0 Å². The van der Waals surface area contributed by atoms with Crippen molar-refractivity contribution in [3.8, 4) is 0 Å². The number of aromatic nitrogens is 2. The van der Waals surface area contributed by atoms with Crippen LogP contribution in [-0.4, -0.2) is 67.5 Å². The highest BCUT2D eigenvalue weighted by molar-refractivity contribution is 5.98. The summed E-state index contributed by atoms with van der Waals surface area (Å²) in [5, 5.41) is 9.77. The quantitative estimate of drug-likeness (QED) is 0.791. The van der Waals surface area contributed by atoms with E-state index in [-0.39, 0.29) is 23.7 Å². The Bertz CT molecular complexity index is 786. The average molecular weight is 374 g/mol. The van der Waals surface area contributed by atoms with Gasteiger partial charge in [-0.3, -0.25) is 14.4 Å². The molecule has 0 aromatic carbocycles. The molecule has 3 fully saturated rings. The second kappa shape index (κ2) is 7.07. The fourth-order valence-corrected chi connectivity index (χ4v) is 5.02. The monoisotopic (exact) mass is 374 g/mol. The Morgan fingerprint density at radius 1 is 1.15 bits per heavy atom. The minimum Gasteiger partial charge on any atom is -0.393 e. The Balaban J connectivity index is 1.60. The average Bonchev–Trinajstić information content (AvgIpc) is 3.09. The van der Waals surface area contributed by atoms with Gasteiger partial charge in [-0.2, -0.15) is 0 Å². The molecule has 3 heterocycles. The lowest BCUT2D eigenvalue weighted by Crippen LogP contribution is -2.63. The third-order valence-electron chi connectivity index (χ3n) is 6.40. The molecule has 2 saturated heterocycles. The highest BCUT2D eigenvalue weighted by atomic mass is 16.3. The topological polar surface area (TPSA) is 107 Å². The lowest BCUT2D eigenvalue weighted by molar-refractivity contribution is -0.149. The molecule has 4 rings (SSSR count). The largest absolute Gasteiger partial charge is 0.393 e. The number of amides is 2. The number of carbonyl (C=O) groups is 2. The fraction of sp³-hybridized carbons (Fsp3) is 0.684. The molecule has 146 valence electrons. The summed E-state index contributed by atoms with van der Waals surface area (Å²) in [5.74, 6) is -0.447. The van der Waals surface area contributed by atoms with E-state index in [0.717, 1.165) is 25.7 Å². The molecule has 8 heteroatoms. The van der Waals surface area contributed by atoms with E-state index < -0.39 is 17.0 Å². The van der Waals surface area contributed by atoms with Gasteiger partial charge in [0.25, 0.3) is 11.5 Å². The van der Waals surface area contributed by atoms with Crippen LogP contribution in [0.4, 0.5) is 0 Å². The van der Waals surface area contributed by atoms with Crippen molar-refractivity contribution in [2.24, 2.45) is 0 Å². The summed E-state index contributed by atoms with van der Waals surface area (Å²) < 4.78 is 0. The Morgan fingerprint density at radius 2 is 1.85 bits per heavy atom. The summed E-state index contributed by atoms with van der Waals surface area (Å²) in [4.78, 5) is 48.6. The number of likely N-dealkylation sites (tertiary alicyclic amines) is 2. The van der Waals surface area contributed by atoms with Crippen molar-refractivity contribution < 1.29 is 14.7 Å². The highest BCUT2D eigenvalue weighted by Gasteiger charge is 2.54. The third kappa shape index (κ3) is 3.05. The van der Waals surface area contributed by atoms with Gasteiger partial charge in [0, 0.05) is 31.5 Å². The normalized spacial score (nSPS) is 31.5. The lowest BCUT2D eigenvalue weighted by atomic mass is 9.82. The van der Waals surface area contributed by atoms with Crippen molar-refractivity contribution in [3.05, 3.63) is 28.4 Å². The first-order chi connectivity index (χ1) is 13.0. The van der Waals surface area contributed by atoms with Gasteiger partial charge in [-0.1, -0.05) is 0 Å². The third-order valence-corrected chi connectivity index (χ3v) is 6.40. The predicted molar refractivity (Wildman–Crippen MR) is 97.1 cm³/mol. The molecule has 1 aromatic rings. The van der Waals surface area contributed by atoms with Crippen molar-refractivity contribution >= 4 is 11.8 Å². The number of rotatable bonds is 2. The van der Waals surface area contributed by atoms with Gasteiger partial charge in [-0.25, -0.2) is 4.98 Å². The summed E-state index contributed by atoms with van der Waals surface area (Å²) in [6, 6.07) is 0.133. The zero-order valence-electron chi connectivity index (χ0n) is 15.4. The molecule has 27 heavy (non-hydrogen) atoms. The highest BCUT2D eigenvalue weighted by Crippen LogP contribution is 2.40. The van der Waals surface area contributed by atoms with Crippen molar-refractivity contribution in [1.82, 2.24) is 19.8 Å². The van der Waals surface area contributed by atoms with E-state index in [1.165, 1.54) is 12.4 Å². The van der Waals surface area contributed by atoms with Crippen LogP contribution in [-0.2, 0) is 4.79 Å². The molecule has 1 aliphatic carbocycles. The number of hydrogen-bond acceptors (Lipinski definition) is 5. The van der Waals surface area contributed by atoms with Gasteiger partial charge in [0.15, 0.2) is 5.69 Å². The molecule has 1 saturated carbocycles. The van der Waals surface area contributed by atoms with Crippen LogP contribution in [0.1, 0.15) is 61.9 Å². The van der Waals surface area contributed by atoms with Gasteiger partial charge in [0.05, 0.1) is 6.10 Å². The SMILES string of the molecule is O=C(c1ncc[nH]c1=O)N1CCCC12CCCN(C1CCC(O)CC1)C2=O. The van der Waals surface area contributed by atoms with E-state index in [4.69, 9.17) is 0 Å². The van der Waals surface area contributed by atoms with E-state index in [9.17, 15) is 19.5 Å². The zero-order chi connectivity index (χ0) is 19.0. The molecule has 0 radical (unpaired) electrons. The van der Waals surface area contributed by atoms with Gasteiger partial charge < -0.3 is 19.9 Å². The number of H-pyrrole nitrogens is 1. The minimum atomic E-state index is -0.852. The van der Waals surface area contributed by atoms with E-state index in [0.29, 0.717) is 38.8 Å². The molecule has 2 amide bonds. The number of aliphatic hydroxyl groups is 1. The maximum Gasteiger partial charge on any atom is 0.279 e. The van der Waals surface area contributed by atoms with Crippen LogP contribution in [0.5, 0.6) is 0 Å². The zero-order valence-corrected chi connectivity index (χ0v) is 15.4. The number of hydrogen-bond donors (Lipinski definition) is 2. The Labute approximate surface area is 157 Å². The van der Waals surface area contributed by atoms with Crippen LogP contribution in [0.2, 0.25) is 0 Å². The fourth-order valence-electron chi connectivity index (χ4n) is 5.02. The van der Waals surface area contributed by atoms with Crippen LogP contribution < -0.4 is 5.56 Å². The molecular weight excluding hydrogens is 348 g/mol. The van der Waals surface area contributed by atoms with E-state index >= 15 is 0 Å². The van der Waals surface area contributed by atoms with Crippen LogP contribution in [0, 0.1) is 0 Å². The smallest absolute Gasteiger partial charge is 0.279 e. The second-order valence-corrected chi connectivity index (χ2v) is 7.92. The van der Waals surface area contributed by atoms with E-state index in [2.05, 4.69) is 9.97 Å². The summed E-state index contributed by atoms with van der Waals surface area (Å²) in [6.07, 6.45) is 8.41. The standard InChI is InChI=1S/C19H26N4O4/c24-14-5-3-13(4-6-14)22-11-1-7-19(18(22)27)8-2-12-23(19)17(26)15-16(25)21-10-9-20-15/h9-10,13-14,24H,1-8,11-12H2,(H,21,25). The lowest BCUT2D eigenvalue weighted by Gasteiger charge is -2.48. The summed E-state index contributed by atoms with van der Waals surface area (Å²) >= 11 is 0. The van der Waals surface area contributed by atoms with Crippen molar-refractivity contribution in [1.29, 1.82) is 0 Å². The first-order valence-corrected chi connectivity index (χ1v) is 9.88. The van der Waals surface area contributed by atoms with Gasteiger partial charge >= 0.3 is 0 Å². The molecule has 1 aromatic heterocycles. The Morgan fingerprint density at radius 3 is 2.56 bits per heavy atom. The number of aliphatic hydroxyl groups excluding tert-OH is 1. The molecule has 1 unspecified atom stereocenters. The van der Waals surface area contributed by atoms with Gasteiger partial charge in [-0.05, 0) is 51.4 Å². The molecule has 2 aliphatic heterocycles. The molecule has 3 aliphatic rings. The van der Waals surface area contributed by atoms with Gasteiger partial charge in [-0.15, -0.1) is 0 Å². The number of aromatic amines is 1. The van der Waals surface area contributed by atoms with E-state index in [1.807, 2.05) is 4.90 Å². The number of carbonyl (C=O) groups excluding carboxylic acids is 2. The Kier molecular flexibility index (Phi) is 4.75. The first-order valence-electron chi connectivity index (χ1n) is 9.88. The summed E-state index contributed by atoms with van der Waals surface area (Å²) in [6.45, 7) is 1.17. The molecule has 1 atom stereocenters. The summed E-state index contributed by atoms with van der Waals surface area (Å²) in [5.41, 5.74) is -1.52. The van der Waals surface area contributed by atoms with E-state index in [1.54, 1.807) is 4.90 Å². The van der Waals surface area contributed by atoms with Gasteiger partial charge in [0.1, 0.15) is 5.54 Å². The van der Waals surface area contributed by atoms with Crippen molar-refractivity contribution in [2.45, 2.75) is 69.1 Å². The van der Waals surface area contributed by atoms with Gasteiger partial charge in [0.2, 0.25) is 5.91 Å². The van der Waals surface area contributed by atoms with Crippen molar-refractivity contribution in [3.63, 3.8) is 0 Å². The maximum absolute atomic E-state index is 13.5. The molecule has 8 nitrogen and oxygen atoms in total. The van der Waals surface area contributed by atoms with Crippen molar-refractivity contribution in [2.75, 3.05) is 13.1 Å². The molecule has 1 spiro atoms. The van der Waals surface area contributed by atoms with Crippen LogP contribution in [0.3, 0.4) is 0 Å². The molecular formula is C19H26N4O4. The Hall–Kier alpha value is -2.22. The number of piperidine rings is 1. The minimum absolute atomic E-state index is 0.00773. The predicted octanol–water partition coefficient (Wildman–Crippen LogP) is 0.671. The molecule has 2 N–H and O–H groups in total. The van der Waals surface area contributed by atoms with Crippen LogP contribution in [0.15, 0.2) is 17.2 Å². The molecule has 0 bridgehead atoms. The summed E-state index contributed by atoms with van der Waals surface area (Å²) in [7, 11) is 0. The second-order valence-electron chi connectivity index (χ2n) is 7.92. The van der Waals surface area contributed by atoms with Crippen LogP contribution in [0.25, 0.3) is 0 Å². The first kappa shape index (κ1) is 18.2. The number of nitrogens with zero attached hydrogens (tertiary/aromatic N) is 3.